The van der Waals surface area contributed by atoms with Crippen molar-refractivity contribution in [2.75, 3.05) is 25.6 Å². The molecular formula is C15H19N3O2. The van der Waals surface area contributed by atoms with Crippen molar-refractivity contribution in [2.24, 2.45) is 0 Å². The number of H-pyrrole nitrogens is 1. The fraction of sp³-hybridized carbons (Fsp3) is 0.267. The third-order valence-corrected chi connectivity index (χ3v) is 2.92. The number of rotatable bonds is 7. The van der Waals surface area contributed by atoms with Crippen molar-refractivity contribution in [1.82, 2.24) is 10.3 Å². The van der Waals surface area contributed by atoms with E-state index in [0.717, 1.165) is 17.8 Å². The van der Waals surface area contributed by atoms with E-state index in [1.54, 1.807) is 25.4 Å². The summed E-state index contributed by atoms with van der Waals surface area (Å²) in [5.74, 6) is -0.110. The minimum Gasteiger partial charge on any atom is -0.383 e. The van der Waals surface area contributed by atoms with E-state index < -0.39 is 0 Å². The first-order valence-corrected chi connectivity index (χ1v) is 6.53. The van der Waals surface area contributed by atoms with Gasteiger partial charge in [-0.05, 0) is 23.8 Å². The molecule has 1 heterocycles. The van der Waals surface area contributed by atoms with Crippen LogP contribution in [0.2, 0.25) is 0 Å². The fourth-order valence-corrected chi connectivity index (χ4v) is 1.88. The van der Waals surface area contributed by atoms with Gasteiger partial charge in [0.1, 0.15) is 5.69 Å². The zero-order valence-electron chi connectivity index (χ0n) is 11.5. The Bertz CT molecular complexity index is 538. The van der Waals surface area contributed by atoms with E-state index in [4.69, 9.17) is 4.74 Å². The molecule has 1 aromatic heterocycles. The third-order valence-electron chi connectivity index (χ3n) is 2.92. The van der Waals surface area contributed by atoms with Gasteiger partial charge in [0.05, 0.1) is 6.61 Å². The Morgan fingerprint density at radius 3 is 2.85 bits per heavy atom. The predicted octanol–water partition coefficient (Wildman–Crippen LogP) is 2.00. The molecular weight excluding hydrogens is 254 g/mol. The first-order chi connectivity index (χ1) is 9.81. The lowest BCUT2D eigenvalue weighted by molar-refractivity contribution is 0.0946. The summed E-state index contributed by atoms with van der Waals surface area (Å²) in [4.78, 5) is 14.8. The first kappa shape index (κ1) is 14.1. The van der Waals surface area contributed by atoms with Crippen molar-refractivity contribution in [3.8, 4) is 0 Å². The molecule has 1 amide bonds. The molecule has 5 heteroatoms. The molecule has 2 aromatic rings. The molecule has 0 spiro atoms. The number of benzene rings is 1. The predicted molar refractivity (Wildman–Crippen MR) is 78.8 cm³/mol. The van der Waals surface area contributed by atoms with Gasteiger partial charge in [-0.3, -0.25) is 4.79 Å². The molecule has 0 aliphatic heterocycles. The SMILES string of the molecule is COCCNc1ccccc1CNC(=O)c1ccc[nH]1. The molecule has 1 aromatic carbocycles. The molecule has 0 radical (unpaired) electrons. The number of carbonyl (C=O) groups is 1. The van der Waals surface area contributed by atoms with Crippen LogP contribution < -0.4 is 10.6 Å². The van der Waals surface area contributed by atoms with Crippen LogP contribution >= 0.6 is 0 Å². The molecule has 20 heavy (non-hydrogen) atoms. The summed E-state index contributed by atoms with van der Waals surface area (Å²) in [6.07, 6.45) is 1.73. The Morgan fingerprint density at radius 1 is 1.25 bits per heavy atom. The second-order valence-electron chi connectivity index (χ2n) is 4.34. The number of aromatic nitrogens is 1. The standard InChI is InChI=1S/C15H19N3O2/c1-20-10-9-17-13-6-3-2-5-12(13)11-18-15(19)14-7-4-8-16-14/h2-8,16-17H,9-11H2,1H3,(H,18,19). The van der Waals surface area contributed by atoms with Crippen LogP contribution in [0, 0.1) is 0 Å². The topological polar surface area (TPSA) is 66.2 Å². The molecule has 0 bridgehead atoms. The first-order valence-electron chi connectivity index (χ1n) is 6.53. The second-order valence-corrected chi connectivity index (χ2v) is 4.34. The maximum atomic E-state index is 11.9. The number of ether oxygens (including phenoxy) is 1. The maximum Gasteiger partial charge on any atom is 0.267 e. The van der Waals surface area contributed by atoms with Crippen molar-refractivity contribution in [2.45, 2.75) is 6.54 Å². The highest BCUT2D eigenvalue weighted by Crippen LogP contribution is 2.14. The molecule has 2 rings (SSSR count). The van der Waals surface area contributed by atoms with Gasteiger partial charge in [-0.25, -0.2) is 0 Å². The third kappa shape index (κ3) is 3.86. The highest BCUT2D eigenvalue weighted by atomic mass is 16.5. The highest BCUT2D eigenvalue weighted by molar-refractivity contribution is 5.92. The van der Waals surface area contributed by atoms with E-state index in [2.05, 4.69) is 15.6 Å². The van der Waals surface area contributed by atoms with Gasteiger partial charge in [-0.15, -0.1) is 0 Å². The van der Waals surface area contributed by atoms with E-state index in [9.17, 15) is 4.79 Å². The summed E-state index contributed by atoms with van der Waals surface area (Å²) < 4.78 is 5.01. The Labute approximate surface area is 118 Å². The van der Waals surface area contributed by atoms with Crippen LogP contribution in [0.1, 0.15) is 16.1 Å². The van der Waals surface area contributed by atoms with Crippen molar-refractivity contribution >= 4 is 11.6 Å². The van der Waals surface area contributed by atoms with Crippen LogP contribution in [0.5, 0.6) is 0 Å². The zero-order valence-corrected chi connectivity index (χ0v) is 11.5. The van der Waals surface area contributed by atoms with E-state index in [1.165, 1.54) is 0 Å². The lowest BCUT2D eigenvalue weighted by Gasteiger charge is -2.12. The normalized spacial score (nSPS) is 10.2. The van der Waals surface area contributed by atoms with Gasteiger partial charge >= 0.3 is 0 Å². The molecule has 0 aliphatic carbocycles. The maximum absolute atomic E-state index is 11.9. The smallest absolute Gasteiger partial charge is 0.267 e. The number of para-hydroxylation sites is 1. The number of anilines is 1. The van der Waals surface area contributed by atoms with Crippen LogP contribution in [0.4, 0.5) is 5.69 Å². The van der Waals surface area contributed by atoms with Crippen LogP contribution in [0.15, 0.2) is 42.6 Å². The Hall–Kier alpha value is -2.27. The quantitative estimate of drug-likeness (QED) is 0.676. The van der Waals surface area contributed by atoms with Gasteiger partial charge in [0.2, 0.25) is 0 Å². The minimum atomic E-state index is -0.110. The molecule has 106 valence electrons. The number of hydrogen-bond acceptors (Lipinski definition) is 3. The lowest BCUT2D eigenvalue weighted by atomic mass is 10.1. The summed E-state index contributed by atoms with van der Waals surface area (Å²) in [5.41, 5.74) is 2.62. The van der Waals surface area contributed by atoms with Gasteiger partial charge in [-0.2, -0.15) is 0 Å². The molecule has 3 N–H and O–H groups in total. The number of carbonyl (C=O) groups excluding carboxylic acids is 1. The molecule has 0 fully saturated rings. The van der Waals surface area contributed by atoms with Crippen LogP contribution in [-0.4, -0.2) is 31.2 Å². The van der Waals surface area contributed by atoms with Gasteiger partial charge in [0, 0.05) is 32.1 Å². The zero-order chi connectivity index (χ0) is 14.2. The Kier molecular flexibility index (Phi) is 5.20. The fourth-order valence-electron chi connectivity index (χ4n) is 1.88. The average molecular weight is 273 g/mol. The Balaban J connectivity index is 1.93. The largest absolute Gasteiger partial charge is 0.383 e. The van der Waals surface area contributed by atoms with Crippen molar-refractivity contribution in [3.63, 3.8) is 0 Å². The van der Waals surface area contributed by atoms with Gasteiger partial charge in [0.25, 0.3) is 5.91 Å². The molecule has 0 atom stereocenters. The minimum absolute atomic E-state index is 0.110. The summed E-state index contributed by atoms with van der Waals surface area (Å²) in [5, 5.41) is 6.18. The molecule has 0 aliphatic rings. The number of nitrogens with one attached hydrogen (secondary N) is 3. The number of methoxy groups -OCH3 is 1. The summed E-state index contributed by atoms with van der Waals surface area (Å²) >= 11 is 0. The van der Waals surface area contributed by atoms with Crippen LogP contribution in [-0.2, 0) is 11.3 Å². The Morgan fingerprint density at radius 2 is 2.10 bits per heavy atom. The summed E-state index contributed by atoms with van der Waals surface area (Å²) in [7, 11) is 1.67. The monoisotopic (exact) mass is 273 g/mol. The number of aromatic amines is 1. The van der Waals surface area contributed by atoms with Crippen molar-refractivity contribution in [3.05, 3.63) is 53.9 Å². The summed E-state index contributed by atoms with van der Waals surface area (Å²) in [6, 6.07) is 11.5. The van der Waals surface area contributed by atoms with E-state index in [-0.39, 0.29) is 5.91 Å². The van der Waals surface area contributed by atoms with Crippen molar-refractivity contribution < 1.29 is 9.53 Å². The second kappa shape index (κ2) is 7.35. The molecule has 0 saturated carbocycles. The van der Waals surface area contributed by atoms with E-state index in [1.807, 2.05) is 24.3 Å². The molecule has 0 saturated heterocycles. The highest BCUT2D eigenvalue weighted by Gasteiger charge is 2.07. The molecule has 5 nitrogen and oxygen atoms in total. The molecule has 0 unspecified atom stereocenters. The number of amides is 1. The van der Waals surface area contributed by atoms with Crippen molar-refractivity contribution in [1.29, 1.82) is 0 Å². The number of hydrogen-bond donors (Lipinski definition) is 3. The van der Waals surface area contributed by atoms with Gasteiger partial charge < -0.3 is 20.4 Å². The lowest BCUT2D eigenvalue weighted by Crippen LogP contribution is -2.23. The van der Waals surface area contributed by atoms with Gasteiger partial charge in [-0.1, -0.05) is 18.2 Å². The van der Waals surface area contributed by atoms with Crippen LogP contribution in [0.3, 0.4) is 0 Å². The van der Waals surface area contributed by atoms with Gasteiger partial charge in [0.15, 0.2) is 0 Å². The summed E-state index contributed by atoms with van der Waals surface area (Å²) in [6.45, 7) is 1.86. The van der Waals surface area contributed by atoms with E-state index >= 15 is 0 Å². The van der Waals surface area contributed by atoms with Crippen LogP contribution in [0.25, 0.3) is 0 Å². The van der Waals surface area contributed by atoms with E-state index in [0.29, 0.717) is 18.8 Å². The average Bonchev–Trinajstić information content (AvgIpc) is 3.00.